The van der Waals surface area contributed by atoms with Crippen molar-refractivity contribution in [3.05, 3.63) is 42.0 Å². The Hall–Kier alpha value is -0.680. The summed E-state index contributed by atoms with van der Waals surface area (Å²) in [4.78, 5) is 12.3. The van der Waals surface area contributed by atoms with E-state index in [1.807, 2.05) is 18.2 Å². The Morgan fingerprint density at radius 1 is 1.15 bits per heavy atom. The van der Waals surface area contributed by atoms with Crippen LogP contribution in [0.1, 0.15) is 37.7 Å². The van der Waals surface area contributed by atoms with Crippen LogP contribution in [0.15, 0.2) is 36.4 Å². The van der Waals surface area contributed by atoms with Gasteiger partial charge >= 0.3 is 5.91 Å². The molecular formula is C17H24INO. The van der Waals surface area contributed by atoms with Crippen molar-refractivity contribution >= 4 is 12.0 Å². The summed E-state index contributed by atoms with van der Waals surface area (Å²) in [6.07, 6.45) is 9.41. The molecule has 0 atom stereocenters. The van der Waals surface area contributed by atoms with Crippen molar-refractivity contribution in [2.45, 2.75) is 32.1 Å². The number of halogens is 1. The van der Waals surface area contributed by atoms with Crippen molar-refractivity contribution in [3.8, 4) is 0 Å². The first kappa shape index (κ1) is 17.4. The molecule has 0 N–H and O–H groups in total. The minimum absolute atomic E-state index is 0. The lowest BCUT2D eigenvalue weighted by Gasteiger charge is -2.34. The SMILES string of the molecule is C[N+]1(C(=O)CC/C=C/c2ccccc2)CCCCC1.[I-]. The van der Waals surface area contributed by atoms with E-state index in [4.69, 9.17) is 0 Å². The van der Waals surface area contributed by atoms with Crippen molar-refractivity contribution in [1.29, 1.82) is 0 Å². The Labute approximate surface area is 139 Å². The minimum Gasteiger partial charge on any atom is -1.00 e. The lowest BCUT2D eigenvalue weighted by Crippen LogP contribution is -3.00. The maximum absolute atomic E-state index is 12.3. The molecule has 0 bridgehead atoms. The second-order valence-corrected chi connectivity index (χ2v) is 5.65. The quantitative estimate of drug-likeness (QED) is 0.550. The number of hydrogen-bond donors (Lipinski definition) is 0. The van der Waals surface area contributed by atoms with E-state index in [0.29, 0.717) is 16.8 Å². The Morgan fingerprint density at radius 2 is 1.80 bits per heavy atom. The number of amides is 1. The molecule has 1 aromatic rings. The van der Waals surface area contributed by atoms with E-state index in [1.54, 1.807) is 0 Å². The fourth-order valence-corrected chi connectivity index (χ4v) is 2.72. The number of rotatable bonds is 4. The van der Waals surface area contributed by atoms with E-state index < -0.39 is 0 Å². The number of carbonyl (C=O) groups excluding carboxylic acids is 1. The van der Waals surface area contributed by atoms with Crippen LogP contribution in [0, 0.1) is 0 Å². The Balaban J connectivity index is 0.00000200. The van der Waals surface area contributed by atoms with Crippen LogP contribution >= 0.6 is 0 Å². The van der Waals surface area contributed by atoms with Gasteiger partial charge in [-0.2, -0.15) is 0 Å². The molecule has 0 unspecified atom stereocenters. The summed E-state index contributed by atoms with van der Waals surface area (Å²) >= 11 is 0. The number of likely N-dealkylation sites (tertiary alicyclic amines) is 1. The minimum atomic E-state index is 0. The van der Waals surface area contributed by atoms with Crippen LogP contribution < -0.4 is 24.0 Å². The molecule has 110 valence electrons. The zero-order chi connectivity index (χ0) is 13.6. The van der Waals surface area contributed by atoms with Gasteiger partial charge in [-0.3, -0.25) is 4.48 Å². The molecule has 0 radical (unpaired) electrons. The van der Waals surface area contributed by atoms with Gasteiger partial charge in [0.1, 0.15) is 0 Å². The second-order valence-electron chi connectivity index (χ2n) is 5.65. The molecule has 2 nitrogen and oxygen atoms in total. The summed E-state index contributed by atoms with van der Waals surface area (Å²) in [5.74, 6) is 0.400. The number of piperidine rings is 1. The first-order valence-electron chi connectivity index (χ1n) is 7.30. The molecule has 0 aromatic heterocycles. The fraction of sp³-hybridized carbons (Fsp3) is 0.471. The molecule has 1 saturated heterocycles. The maximum Gasteiger partial charge on any atom is 0.313 e. The van der Waals surface area contributed by atoms with Gasteiger partial charge in [0.25, 0.3) is 0 Å². The van der Waals surface area contributed by atoms with Gasteiger partial charge in [0.2, 0.25) is 0 Å². The zero-order valence-electron chi connectivity index (χ0n) is 12.2. The Morgan fingerprint density at radius 3 is 2.45 bits per heavy atom. The molecule has 20 heavy (non-hydrogen) atoms. The van der Waals surface area contributed by atoms with Crippen LogP contribution in [0.25, 0.3) is 6.08 Å². The third kappa shape index (κ3) is 5.02. The summed E-state index contributed by atoms with van der Waals surface area (Å²) < 4.78 is 0.652. The highest BCUT2D eigenvalue weighted by Gasteiger charge is 2.32. The molecule has 1 fully saturated rings. The smallest absolute Gasteiger partial charge is 0.313 e. The van der Waals surface area contributed by atoms with Crippen molar-refractivity contribution in [2.24, 2.45) is 0 Å². The van der Waals surface area contributed by atoms with Crippen molar-refractivity contribution in [1.82, 2.24) is 0 Å². The summed E-state index contributed by atoms with van der Waals surface area (Å²) in [5.41, 5.74) is 1.20. The van der Waals surface area contributed by atoms with Crippen LogP contribution in [-0.4, -0.2) is 30.5 Å². The van der Waals surface area contributed by atoms with Crippen LogP contribution in [0.2, 0.25) is 0 Å². The van der Waals surface area contributed by atoms with Crippen LogP contribution in [0.3, 0.4) is 0 Å². The van der Waals surface area contributed by atoms with Gasteiger partial charge in [0.05, 0.1) is 26.6 Å². The van der Waals surface area contributed by atoms with Gasteiger partial charge < -0.3 is 24.0 Å². The van der Waals surface area contributed by atoms with Gasteiger partial charge in [-0.15, -0.1) is 0 Å². The molecule has 1 aliphatic rings. The predicted molar refractivity (Wildman–Crippen MR) is 79.5 cm³/mol. The van der Waals surface area contributed by atoms with Crippen LogP contribution in [0.5, 0.6) is 0 Å². The molecule has 3 heteroatoms. The summed E-state index contributed by atoms with van der Waals surface area (Å²) in [7, 11) is 2.10. The lowest BCUT2D eigenvalue weighted by atomic mass is 10.1. The standard InChI is InChI=1S/C17H24NO.HI/c1-18(14-8-3-9-15-18)17(19)13-7-6-12-16-10-4-2-5-11-16;/h2,4-6,10-12H,3,7-9,13-15H2,1H3;1H/q+1;/p-1/b12-6+;. The van der Waals surface area contributed by atoms with E-state index in [-0.39, 0.29) is 24.0 Å². The van der Waals surface area contributed by atoms with Gasteiger partial charge in [0.15, 0.2) is 0 Å². The normalized spacial score (nSPS) is 17.6. The molecule has 1 aromatic carbocycles. The largest absolute Gasteiger partial charge is 1.00 e. The molecular weight excluding hydrogens is 361 g/mol. The number of carbonyl (C=O) groups is 1. The Bertz CT molecular complexity index is 436. The molecule has 1 amide bonds. The topological polar surface area (TPSA) is 17.1 Å². The average Bonchev–Trinajstić information content (AvgIpc) is 2.45. The molecule has 1 aliphatic heterocycles. The third-order valence-corrected chi connectivity index (χ3v) is 4.04. The molecule has 0 saturated carbocycles. The summed E-state index contributed by atoms with van der Waals surface area (Å²) in [6, 6.07) is 10.2. The lowest BCUT2D eigenvalue weighted by molar-refractivity contribution is -0.840. The predicted octanol–water partition coefficient (Wildman–Crippen LogP) is 0.641. The first-order chi connectivity index (χ1) is 9.21. The van der Waals surface area contributed by atoms with Crippen molar-refractivity contribution in [3.63, 3.8) is 0 Å². The monoisotopic (exact) mass is 385 g/mol. The highest BCUT2D eigenvalue weighted by Crippen LogP contribution is 2.18. The van der Waals surface area contributed by atoms with Gasteiger partial charge in [-0.1, -0.05) is 42.5 Å². The third-order valence-electron chi connectivity index (χ3n) is 4.04. The molecule has 1 heterocycles. The van der Waals surface area contributed by atoms with Crippen LogP contribution in [0.4, 0.5) is 0 Å². The van der Waals surface area contributed by atoms with E-state index in [0.717, 1.165) is 19.5 Å². The number of nitrogens with zero attached hydrogens (tertiary/aromatic N) is 1. The summed E-state index contributed by atoms with van der Waals surface area (Å²) in [6.45, 7) is 2.06. The van der Waals surface area contributed by atoms with Gasteiger partial charge in [0, 0.05) is 0 Å². The molecule has 0 spiro atoms. The molecule has 0 aliphatic carbocycles. The number of hydrogen-bond acceptors (Lipinski definition) is 1. The van der Waals surface area contributed by atoms with E-state index in [1.165, 1.54) is 24.8 Å². The number of quaternary nitrogens is 1. The first-order valence-corrected chi connectivity index (χ1v) is 7.30. The number of benzene rings is 1. The Kier molecular flexibility index (Phi) is 7.45. The fourth-order valence-electron chi connectivity index (χ4n) is 2.72. The number of allylic oxidation sites excluding steroid dienone is 1. The summed E-state index contributed by atoms with van der Waals surface area (Å²) in [5, 5.41) is 0. The van der Waals surface area contributed by atoms with E-state index >= 15 is 0 Å². The zero-order valence-corrected chi connectivity index (χ0v) is 14.4. The highest BCUT2D eigenvalue weighted by molar-refractivity contribution is 5.69. The van der Waals surface area contributed by atoms with E-state index in [9.17, 15) is 4.79 Å². The van der Waals surface area contributed by atoms with Gasteiger partial charge in [-0.05, 0) is 31.2 Å². The highest BCUT2D eigenvalue weighted by atomic mass is 127. The van der Waals surface area contributed by atoms with Crippen molar-refractivity contribution in [2.75, 3.05) is 20.1 Å². The van der Waals surface area contributed by atoms with Crippen LogP contribution in [-0.2, 0) is 4.79 Å². The maximum atomic E-state index is 12.3. The average molecular weight is 385 g/mol. The van der Waals surface area contributed by atoms with E-state index in [2.05, 4.69) is 31.3 Å². The van der Waals surface area contributed by atoms with Gasteiger partial charge in [-0.25, -0.2) is 4.79 Å². The molecule has 2 rings (SSSR count). The second kappa shape index (κ2) is 8.57. The van der Waals surface area contributed by atoms with Crippen molar-refractivity contribution < 1.29 is 33.3 Å².